The first-order chi connectivity index (χ1) is 8.81. The van der Waals surface area contributed by atoms with Gasteiger partial charge in [0.2, 0.25) is 0 Å². The fraction of sp³-hybridized carbons (Fsp3) is 0.333. The smallest absolute Gasteiger partial charge is 0.170 e. The highest BCUT2D eigenvalue weighted by atomic mass is 35.5. The lowest BCUT2D eigenvalue weighted by Gasteiger charge is -2.18. The van der Waals surface area contributed by atoms with Crippen LogP contribution < -0.4 is 0 Å². The third-order valence-corrected chi connectivity index (χ3v) is 4.59. The van der Waals surface area contributed by atoms with E-state index in [0.29, 0.717) is 10.0 Å². The van der Waals surface area contributed by atoms with Crippen LogP contribution in [0.5, 0.6) is 0 Å². The van der Waals surface area contributed by atoms with Gasteiger partial charge in [-0.25, -0.2) is 4.99 Å². The van der Waals surface area contributed by atoms with Gasteiger partial charge in [0.05, 0.1) is 15.7 Å². The van der Waals surface area contributed by atoms with E-state index in [1.54, 1.807) is 12.1 Å². The molecular formula is C12H16Cl3N3S2. The Balaban J connectivity index is 0.00000361. The highest BCUT2D eigenvalue weighted by Gasteiger charge is 2.10. The van der Waals surface area contributed by atoms with Crippen LogP contribution in [0.15, 0.2) is 23.2 Å². The summed E-state index contributed by atoms with van der Waals surface area (Å²) in [6, 6.07) is 5.27. The number of halogens is 3. The molecule has 0 N–H and O–H groups in total. The Hall–Kier alpha value is -0.200. The fourth-order valence-corrected chi connectivity index (χ4v) is 2.24. The van der Waals surface area contributed by atoms with Gasteiger partial charge in [0.1, 0.15) is 4.32 Å². The average Bonchev–Trinajstić information content (AvgIpc) is 2.32. The Labute approximate surface area is 145 Å². The van der Waals surface area contributed by atoms with Crippen LogP contribution in [0.2, 0.25) is 10.0 Å². The summed E-state index contributed by atoms with van der Waals surface area (Å²) in [5.74, 6) is 0. The van der Waals surface area contributed by atoms with Crippen molar-refractivity contribution in [3.8, 4) is 0 Å². The van der Waals surface area contributed by atoms with Crippen LogP contribution in [0, 0.1) is 0 Å². The zero-order valence-electron chi connectivity index (χ0n) is 11.6. The Bertz CT molecular complexity index is 505. The quantitative estimate of drug-likeness (QED) is 0.409. The van der Waals surface area contributed by atoms with Gasteiger partial charge in [-0.3, -0.25) is 0 Å². The number of aliphatic imine (C=N–C) groups is 1. The molecule has 0 bridgehead atoms. The minimum Gasteiger partial charge on any atom is -0.363 e. The first kappa shape index (κ1) is 19.8. The summed E-state index contributed by atoms with van der Waals surface area (Å²) in [7, 11) is 7.65. The number of hydrogen-bond acceptors (Lipinski definition) is 3. The van der Waals surface area contributed by atoms with E-state index in [1.807, 2.05) is 44.1 Å². The summed E-state index contributed by atoms with van der Waals surface area (Å²) in [6.07, 6.45) is 0. The number of rotatable bonds is 1. The Kier molecular flexibility index (Phi) is 8.86. The molecule has 0 fully saturated rings. The molecule has 1 rings (SSSR count). The van der Waals surface area contributed by atoms with Crippen LogP contribution in [0.4, 0.5) is 5.69 Å². The van der Waals surface area contributed by atoms with Crippen LogP contribution >= 0.6 is 59.6 Å². The molecule has 0 spiro atoms. The van der Waals surface area contributed by atoms with E-state index in [-0.39, 0.29) is 12.4 Å². The van der Waals surface area contributed by atoms with Crippen LogP contribution in [-0.4, -0.2) is 47.5 Å². The van der Waals surface area contributed by atoms with E-state index < -0.39 is 0 Å². The molecule has 1 aromatic rings. The standard InChI is InChI=1S/C12H15Cl2N3S2.ClH/c1-16(2)11(19-12(18)17(3)4)15-8-5-6-9(13)10(14)7-8;/h5-7H,1-4H3;1H. The largest absolute Gasteiger partial charge is 0.363 e. The molecule has 1 aromatic carbocycles. The molecule has 0 saturated heterocycles. The molecule has 20 heavy (non-hydrogen) atoms. The highest BCUT2D eigenvalue weighted by Crippen LogP contribution is 2.27. The Morgan fingerprint density at radius 3 is 2.15 bits per heavy atom. The molecule has 0 unspecified atom stereocenters. The number of thioether (sulfide) groups is 1. The molecule has 0 heterocycles. The van der Waals surface area contributed by atoms with Crippen molar-refractivity contribution in [3.05, 3.63) is 28.2 Å². The minimum absolute atomic E-state index is 0. The summed E-state index contributed by atoms with van der Waals surface area (Å²) >= 11 is 18.6. The van der Waals surface area contributed by atoms with E-state index in [1.165, 1.54) is 11.8 Å². The summed E-state index contributed by atoms with van der Waals surface area (Å²) in [4.78, 5) is 8.31. The summed E-state index contributed by atoms with van der Waals surface area (Å²) < 4.78 is 0.743. The van der Waals surface area contributed by atoms with E-state index in [9.17, 15) is 0 Å². The number of nitrogens with zero attached hydrogens (tertiary/aromatic N) is 3. The lowest BCUT2D eigenvalue weighted by molar-refractivity contribution is 0.634. The third-order valence-electron chi connectivity index (χ3n) is 2.05. The second-order valence-electron chi connectivity index (χ2n) is 4.15. The lowest BCUT2D eigenvalue weighted by Crippen LogP contribution is -2.24. The molecule has 8 heteroatoms. The fourth-order valence-electron chi connectivity index (χ4n) is 1.05. The normalized spacial score (nSPS) is 10.8. The minimum atomic E-state index is 0. The van der Waals surface area contributed by atoms with Gasteiger partial charge in [-0.05, 0) is 30.0 Å². The van der Waals surface area contributed by atoms with E-state index in [4.69, 9.17) is 35.4 Å². The van der Waals surface area contributed by atoms with E-state index >= 15 is 0 Å². The predicted octanol–water partition coefficient (Wildman–Crippen LogP) is 4.54. The number of thiocarbonyl (C=S) groups is 1. The van der Waals surface area contributed by atoms with Crippen LogP contribution in [0.25, 0.3) is 0 Å². The molecule has 0 aromatic heterocycles. The maximum atomic E-state index is 5.98. The Morgan fingerprint density at radius 2 is 1.70 bits per heavy atom. The van der Waals surface area contributed by atoms with Crippen LogP contribution in [0.3, 0.4) is 0 Å². The summed E-state index contributed by atoms with van der Waals surface area (Å²) in [5, 5.41) is 1.79. The van der Waals surface area contributed by atoms with Crippen molar-refractivity contribution in [1.29, 1.82) is 0 Å². The van der Waals surface area contributed by atoms with Crippen molar-refractivity contribution < 1.29 is 0 Å². The van der Waals surface area contributed by atoms with Crippen molar-refractivity contribution in [1.82, 2.24) is 9.80 Å². The topological polar surface area (TPSA) is 18.8 Å². The maximum absolute atomic E-state index is 5.98. The van der Waals surface area contributed by atoms with E-state index in [0.717, 1.165) is 15.2 Å². The van der Waals surface area contributed by atoms with Gasteiger partial charge in [0, 0.05) is 28.2 Å². The predicted molar refractivity (Wildman–Crippen MR) is 98.4 cm³/mol. The first-order valence-corrected chi connectivity index (χ1v) is 7.39. The molecule has 0 saturated carbocycles. The van der Waals surface area contributed by atoms with Gasteiger partial charge < -0.3 is 9.80 Å². The number of amidine groups is 1. The molecule has 0 aliphatic rings. The van der Waals surface area contributed by atoms with Gasteiger partial charge >= 0.3 is 0 Å². The molecule has 0 amide bonds. The van der Waals surface area contributed by atoms with Crippen molar-refractivity contribution in [2.24, 2.45) is 4.99 Å². The lowest BCUT2D eigenvalue weighted by atomic mass is 10.3. The van der Waals surface area contributed by atoms with Crippen molar-refractivity contribution in [3.63, 3.8) is 0 Å². The molecule has 0 aliphatic heterocycles. The summed E-state index contributed by atoms with van der Waals surface area (Å²) in [6.45, 7) is 0. The van der Waals surface area contributed by atoms with Crippen molar-refractivity contribution in [2.75, 3.05) is 28.2 Å². The zero-order valence-corrected chi connectivity index (χ0v) is 15.5. The van der Waals surface area contributed by atoms with Crippen molar-refractivity contribution in [2.45, 2.75) is 0 Å². The third kappa shape index (κ3) is 6.06. The highest BCUT2D eigenvalue weighted by molar-refractivity contribution is 8.32. The molecular weight excluding hydrogens is 357 g/mol. The molecule has 0 aliphatic carbocycles. The first-order valence-electron chi connectivity index (χ1n) is 5.41. The Morgan fingerprint density at radius 1 is 1.10 bits per heavy atom. The summed E-state index contributed by atoms with van der Waals surface area (Å²) in [5.41, 5.74) is 0.743. The van der Waals surface area contributed by atoms with Crippen LogP contribution in [-0.2, 0) is 0 Å². The number of benzene rings is 1. The average molecular weight is 373 g/mol. The SMILES string of the molecule is CN(C)C(=S)SC(=Nc1ccc(Cl)c(Cl)c1)N(C)C.Cl. The monoisotopic (exact) mass is 371 g/mol. The zero-order chi connectivity index (χ0) is 14.6. The molecule has 3 nitrogen and oxygen atoms in total. The van der Waals surface area contributed by atoms with E-state index in [2.05, 4.69) is 4.99 Å². The van der Waals surface area contributed by atoms with Gasteiger partial charge in [0.15, 0.2) is 5.17 Å². The maximum Gasteiger partial charge on any atom is 0.170 e. The van der Waals surface area contributed by atoms with Gasteiger partial charge in [-0.1, -0.05) is 35.4 Å². The second-order valence-corrected chi connectivity index (χ2v) is 6.57. The molecule has 0 atom stereocenters. The molecule has 0 radical (unpaired) electrons. The van der Waals surface area contributed by atoms with Crippen LogP contribution in [0.1, 0.15) is 0 Å². The molecule has 112 valence electrons. The van der Waals surface area contributed by atoms with Crippen molar-refractivity contribution >= 4 is 74.8 Å². The van der Waals surface area contributed by atoms with Gasteiger partial charge in [-0.15, -0.1) is 12.4 Å². The number of hydrogen-bond donors (Lipinski definition) is 0. The second kappa shape index (κ2) is 8.95. The van der Waals surface area contributed by atoms with Gasteiger partial charge in [0.25, 0.3) is 0 Å². The van der Waals surface area contributed by atoms with Gasteiger partial charge in [-0.2, -0.15) is 0 Å².